The summed E-state index contributed by atoms with van der Waals surface area (Å²) in [5.41, 5.74) is 5.42. The molecule has 6 heteroatoms. The van der Waals surface area contributed by atoms with Crippen LogP contribution in [0.2, 0.25) is 0 Å². The molecule has 0 unspecified atom stereocenters. The number of fused-ring (bicyclic) bond motifs is 2. The zero-order chi connectivity index (χ0) is 20.1. The second kappa shape index (κ2) is 6.53. The van der Waals surface area contributed by atoms with Crippen molar-refractivity contribution in [3.63, 3.8) is 0 Å². The van der Waals surface area contributed by atoms with E-state index in [0.29, 0.717) is 5.56 Å². The number of para-hydroxylation sites is 1. The predicted molar refractivity (Wildman–Crippen MR) is 114 cm³/mol. The molecule has 142 valence electrons. The third-order valence-electron chi connectivity index (χ3n) is 5.34. The average Bonchev–Trinajstić information content (AvgIpc) is 2.71. The Morgan fingerprint density at radius 2 is 1.61 bits per heavy atom. The molecule has 0 spiro atoms. The molecule has 0 saturated carbocycles. The number of nitrogens with zero attached hydrogens (tertiary/aromatic N) is 3. The van der Waals surface area contributed by atoms with Gasteiger partial charge in [-0.15, -0.1) is 11.6 Å². The fraction of sp³-hybridized carbons (Fsp3) is 0.182. The average molecular weight is 394 g/mol. The van der Waals surface area contributed by atoms with Crippen LogP contribution in [0.25, 0.3) is 0 Å². The van der Waals surface area contributed by atoms with E-state index in [-0.39, 0.29) is 10.6 Å². The Morgan fingerprint density at radius 3 is 2.25 bits per heavy atom. The molecule has 28 heavy (non-hydrogen) atoms. The summed E-state index contributed by atoms with van der Waals surface area (Å²) in [5, 5.41) is 11.4. The van der Waals surface area contributed by atoms with Crippen LogP contribution < -0.4 is 9.80 Å². The summed E-state index contributed by atoms with van der Waals surface area (Å²) >= 11 is 7.37. The molecule has 1 aliphatic heterocycles. The lowest BCUT2D eigenvalue weighted by atomic mass is 9.79. The fourth-order valence-electron chi connectivity index (χ4n) is 3.84. The molecular weight excluding hydrogens is 374 g/mol. The van der Waals surface area contributed by atoms with Crippen molar-refractivity contribution in [2.45, 2.75) is 4.87 Å². The smallest absolute Gasteiger partial charge is 0.269 e. The number of hydrogen-bond acceptors (Lipinski definition) is 4. The van der Waals surface area contributed by atoms with Gasteiger partial charge in [-0.05, 0) is 29.8 Å². The lowest BCUT2D eigenvalue weighted by Crippen LogP contribution is -2.32. The van der Waals surface area contributed by atoms with E-state index in [1.807, 2.05) is 79.5 Å². The number of nitro groups is 1. The van der Waals surface area contributed by atoms with E-state index in [1.54, 1.807) is 12.1 Å². The first-order chi connectivity index (χ1) is 13.3. The summed E-state index contributed by atoms with van der Waals surface area (Å²) in [4.78, 5) is 14.1. The van der Waals surface area contributed by atoms with Gasteiger partial charge in [0.05, 0.1) is 4.92 Å². The van der Waals surface area contributed by atoms with Crippen LogP contribution in [0.4, 0.5) is 22.7 Å². The summed E-state index contributed by atoms with van der Waals surface area (Å²) in [5.74, 6) is 0. The van der Waals surface area contributed by atoms with Gasteiger partial charge in [0.15, 0.2) is 0 Å². The normalized spacial score (nSPS) is 17.6. The van der Waals surface area contributed by atoms with E-state index >= 15 is 0 Å². The molecule has 0 radical (unpaired) electrons. The van der Waals surface area contributed by atoms with Gasteiger partial charge in [-0.3, -0.25) is 10.1 Å². The van der Waals surface area contributed by atoms with E-state index in [4.69, 9.17) is 11.6 Å². The predicted octanol–water partition coefficient (Wildman–Crippen LogP) is 5.27. The topological polar surface area (TPSA) is 49.6 Å². The van der Waals surface area contributed by atoms with Gasteiger partial charge >= 0.3 is 0 Å². The highest BCUT2D eigenvalue weighted by Crippen LogP contribution is 2.55. The molecule has 5 nitrogen and oxygen atoms in total. The van der Waals surface area contributed by atoms with Crippen molar-refractivity contribution in [1.29, 1.82) is 0 Å². The van der Waals surface area contributed by atoms with Crippen LogP contribution in [0, 0.1) is 10.1 Å². The van der Waals surface area contributed by atoms with Crippen molar-refractivity contribution in [2.75, 3.05) is 30.9 Å². The second-order valence-corrected chi connectivity index (χ2v) is 7.70. The third kappa shape index (κ3) is 2.62. The first kappa shape index (κ1) is 18.3. The number of alkyl halides is 1. The fourth-order valence-corrected chi connectivity index (χ4v) is 4.28. The highest BCUT2D eigenvalue weighted by atomic mass is 35.5. The highest BCUT2D eigenvalue weighted by Gasteiger charge is 2.43. The number of nitro benzene ring substituents is 1. The first-order valence-electron chi connectivity index (χ1n) is 8.93. The van der Waals surface area contributed by atoms with Gasteiger partial charge in [0, 0.05) is 61.5 Å². The van der Waals surface area contributed by atoms with Gasteiger partial charge in [0.2, 0.25) is 0 Å². The molecule has 3 aromatic rings. The van der Waals surface area contributed by atoms with Crippen LogP contribution in [0.3, 0.4) is 0 Å². The van der Waals surface area contributed by atoms with Crippen LogP contribution in [0.1, 0.15) is 16.7 Å². The Bertz CT molecular complexity index is 1070. The van der Waals surface area contributed by atoms with Gasteiger partial charge in [-0.25, -0.2) is 0 Å². The zero-order valence-corrected chi connectivity index (χ0v) is 16.6. The zero-order valence-electron chi connectivity index (χ0n) is 15.9. The first-order valence-corrected chi connectivity index (χ1v) is 9.30. The van der Waals surface area contributed by atoms with E-state index in [9.17, 15) is 10.1 Å². The molecule has 0 fully saturated rings. The lowest BCUT2D eigenvalue weighted by Gasteiger charge is -2.41. The number of hydrogen-bond donors (Lipinski definition) is 0. The molecule has 0 aliphatic carbocycles. The Balaban J connectivity index is 2.01. The second-order valence-electron chi connectivity index (χ2n) is 7.13. The van der Waals surface area contributed by atoms with Crippen molar-refractivity contribution in [1.82, 2.24) is 0 Å². The largest absolute Gasteiger partial charge is 0.378 e. The molecule has 1 aliphatic rings. The van der Waals surface area contributed by atoms with Crippen molar-refractivity contribution in [3.8, 4) is 0 Å². The number of rotatable bonds is 3. The van der Waals surface area contributed by atoms with Crippen molar-refractivity contribution in [3.05, 3.63) is 93.5 Å². The third-order valence-corrected chi connectivity index (χ3v) is 5.97. The number of halogens is 1. The van der Waals surface area contributed by atoms with Crippen LogP contribution >= 0.6 is 11.6 Å². The summed E-state index contributed by atoms with van der Waals surface area (Å²) in [6, 6.07) is 20.8. The van der Waals surface area contributed by atoms with Gasteiger partial charge in [0.1, 0.15) is 4.87 Å². The maximum Gasteiger partial charge on any atom is 0.269 e. The van der Waals surface area contributed by atoms with E-state index < -0.39 is 4.87 Å². The minimum Gasteiger partial charge on any atom is -0.378 e. The summed E-state index contributed by atoms with van der Waals surface area (Å²) in [6.07, 6.45) is 0. The van der Waals surface area contributed by atoms with Crippen molar-refractivity contribution < 1.29 is 4.92 Å². The summed E-state index contributed by atoms with van der Waals surface area (Å²) < 4.78 is 0. The van der Waals surface area contributed by atoms with E-state index in [2.05, 4.69) is 0 Å². The SMILES string of the molecule is CN(C)c1ccc([C@@]2(Cl)c3ccccc3N(C)c3ccc([N+](=O)[O-])cc32)cc1. The summed E-state index contributed by atoms with van der Waals surface area (Å²) in [6.45, 7) is 0. The van der Waals surface area contributed by atoms with E-state index in [0.717, 1.165) is 28.2 Å². The monoisotopic (exact) mass is 393 g/mol. The molecule has 0 saturated heterocycles. The Kier molecular flexibility index (Phi) is 4.27. The van der Waals surface area contributed by atoms with Gasteiger partial charge in [-0.2, -0.15) is 0 Å². The molecule has 0 amide bonds. The van der Waals surface area contributed by atoms with Gasteiger partial charge < -0.3 is 9.80 Å². The van der Waals surface area contributed by atoms with Gasteiger partial charge in [-0.1, -0.05) is 30.3 Å². The van der Waals surface area contributed by atoms with Crippen LogP contribution in [0.5, 0.6) is 0 Å². The molecule has 4 rings (SSSR count). The lowest BCUT2D eigenvalue weighted by molar-refractivity contribution is -0.384. The van der Waals surface area contributed by atoms with Crippen molar-refractivity contribution >= 4 is 34.4 Å². The quantitative estimate of drug-likeness (QED) is 0.345. The number of benzene rings is 3. The Hall–Kier alpha value is -3.05. The standard InChI is InChI=1S/C22H20ClN3O2/c1-24(2)16-10-8-15(9-11-16)22(23)18-6-4-5-7-20(18)25(3)21-13-12-17(26(27)28)14-19(21)22/h4-14H,1-3H3/t22-/m1/s1. The maximum atomic E-state index is 11.4. The Labute approximate surface area is 168 Å². The van der Waals surface area contributed by atoms with Crippen LogP contribution in [-0.4, -0.2) is 26.1 Å². The number of anilines is 3. The molecule has 0 aromatic heterocycles. The molecule has 0 N–H and O–H groups in total. The maximum absolute atomic E-state index is 11.4. The minimum atomic E-state index is -1.02. The summed E-state index contributed by atoms with van der Waals surface area (Å²) in [7, 11) is 5.92. The molecule has 1 atom stereocenters. The van der Waals surface area contributed by atoms with E-state index in [1.165, 1.54) is 6.07 Å². The van der Waals surface area contributed by atoms with Crippen molar-refractivity contribution in [2.24, 2.45) is 0 Å². The number of non-ortho nitro benzene ring substituents is 1. The minimum absolute atomic E-state index is 0.0291. The molecule has 0 bridgehead atoms. The molecule has 1 heterocycles. The van der Waals surface area contributed by atoms with Crippen LogP contribution in [-0.2, 0) is 4.87 Å². The Morgan fingerprint density at radius 1 is 0.964 bits per heavy atom. The highest BCUT2D eigenvalue weighted by molar-refractivity contribution is 6.29. The van der Waals surface area contributed by atoms with Crippen LogP contribution in [0.15, 0.2) is 66.7 Å². The molecule has 3 aromatic carbocycles. The van der Waals surface area contributed by atoms with Gasteiger partial charge in [0.25, 0.3) is 5.69 Å². The molecular formula is C22H20ClN3O2.